The number of aromatic amines is 1. The van der Waals surface area contributed by atoms with Gasteiger partial charge in [0.2, 0.25) is 0 Å². The first-order valence-corrected chi connectivity index (χ1v) is 5.72. The van der Waals surface area contributed by atoms with Gasteiger partial charge in [0.05, 0.1) is 0 Å². The number of alkyl halides is 1. The van der Waals surface area contributed by atoms with Gasteiger partial charge in [0.15, 0.2) is 0 Å². The van der Waals surface area contributed by atoms with Crippen molar-refractivity contribution in [2.24, 2.45) is 0 Å². The fourth-order valence-electron chi connectivity index (χ4n) is 1.42. The van der Waals surface area contributed by atoms with Crippen molar-refractivity contribution >= 4 is 44.4 Å². The normalized spacial score (nSPS) is 10.8. The maximum atomic E-state index is 10.7. The van der Waals surface area contributed by atoms with Gasteiger partial charge in [-0.3, -0.25) is 0 Å². The first kappa shape index (κ1) is 10.5. The highest BCUT2D eigenvalue weighted by Crippen LogP contribution is 2.26. The number of halogens is 2. The number of rotatable bonds is 2. The van der Waals surface area contributed by atoms with E-state index in [2.05, 4.69) is 20.9 Å². The van der Waals surface area contributed by atoms with E-state index in [0.29, 0.717) is 10.4 Å². The number of hydrogen-bond acceptors (Lipinski definition) is 1. The maximum Gasteiger partial charge on any atom is 0.352 e. The first-order valence-electron chi connectivity index (χ1n) is 4.22. The number of aromatic nitrogens is 1. The number of carboxylic acid groups (broad SMARTS) is 1. The van der Waals surface area contributed by atoms with Crippen LogP contribution in [0.25, 0.3) is 10.9 Å². The Morgan fingerprint density at radius 3 is 2.80 bits per heavy atom. The van der Waals surface area contributed by atoms with Crippen LogP contribution in [0.4, 0.5) is 0 Å². The summed E-state index contributed by atoms with van der Waals surface area (Å²) in [5.74, 6) is -0.970. The molecule has 0 atom stereocenters. The van der Waals surface area contributed by atoms with Gasteiger partial charge in [0, 0.05) is 21.3 Å². The summed E-state index contributed by atoms with van der Waals surface area (Å²) in [5, 5.41) is 10.9. The van der Waals surface area contributed by atoms with Crippen molar-refractivity contribution in [1.82, 2.24) is 4.98 Å². The number of hydrogen-bond donors (Lipinski definition) is 2. The van der Waals surface area contributed by atoms with Crippen molar-refractivity contribution in [1.29, 1.82) is 0 Å². The average molecular weight is 289 g/mol. The van der Waals surface area contributed by atoms with Crippen LogP contribution in [-0.2, 0) is 5.33 Å². The monoisotopic (exact) mass is 287 g/mol. The van der Waals surface area contributed by atoms with Crippen molar-refractivity contribution in [2.75, 3.05) is 0 Å². The Labute approximate surface area is 99.2 Å². The summed E-state index contributed by atoms with van der Waals surface area (Å²) in [6.07, 6.45) is 0. The molecule has 1 aromatic heterocycles. The molecule has 15 heavy (non-hydrogen) atoms. The van der Waals surface area contributed by atoms with Gasteiger partial charge in [0.25, 0.3) is 0 Å². The van der Waals surface area contributed by atoms with Crippen molar-refractivity contribution in [3.63, 3.8) is 0 Å². The van der Waals surface area contributed by atoms with Crippen LogP contribution >= 0.6 is 27.5 Å². The summed E-state index contributed by atoms with van der Waals surface area (Å²) in [4.78, 5) is 13.5. The Bertz CT molecular complexity index is 535. The quantitative estimate of drug-likeness (QED) is 0.832. The minimum atomic E-state index is -0.970. The Balaban J connectivity index is 2.66. The summed E-state index contributed by atoms with van der Waals surface area (Å²) < 4.78 is 0. The van der Waals surface area contributed by atoms with E-state index in [4.69, 9.17) is 16.7 Å². The number of carbonyl (C=O) groups is 1. The van der Waals surface area contributed by atoms with Crippen LogP contribution in [0.3, 0.4) is 0 Å². The van der Waals surface area contributed by atoms with E-state index in [-0.39, 0.29) is 5.69 Å². The number of benzene rings is 1. The van der Waals surface area contributed by atoms with Crippen molar-refractivity contribution in [3.05, 3.63) is 34.5 Å². The van der Waals surface area contributed by atoms with Crippen LogP contribution in [0.5, 0.6) is 0 Å². The number of fused-ring (bicyclic) bond motifs is 1. The van der Waals surface area contributed by atoms with Crippen LogP contribution in [0.2, 0.25) is 5.02 Å². The van der Waals surface area contributed by atoms with Crippen molar-refractivity contribution < 1.29 is 9.90 Å². The highest BCUT2D eigenvalue weighted by Gasteiger charge is 2.09. The van der Waals surface area contributed by atoms with Gasteiger partial charge in [-0.05, 0) is 23.8 Å². The predicted octanol–water partition coefficient (Wildman–Crippen LogP) is 3.41. The van der Waals surface area contributed by atoms with E-state index in [1.54, 1.807) is 12.1 Å². The molecule has 0 bridgehead atoms. The molecule has 0 aliphatic carbocycles. The minimum absolute atomic E-state index is 0.174. The van der Waals surface area contributed by atoms with E-state index in [1.807, 2.05) is 6.07 Å². The molecule has 0 radical (unpaired) electrons. The lowest BCUT2D eigenvalue weighted by Crippen LogP contribution is -1.94. The average Bonchev–Trinajstić information content (AvgIpc) is 2.59. The summed E-state index contributed by atoms with van der Waals surface area (Å²) in [5.41, 5.74) is 1.86. The second-order valence-electron chi connectivity index (χ2n) is 3.15. The lowest BCUT2D eigenvalue weighted by molar-refractivity contribution is 0.0691. The van der Waals surface area contributed by atoms with Crippen LogP contribution in [0.15, 0.2) is 18.2 Å². The van der Waals surface area contributed by atoms with Crippen LogP contribution in [-0.4, -0.2) is 16.1 Å². The molecular weight excluding hydrogens is 281 g/mol. The number of nitrogens with one attached hydrogen (secondary N) is 1. The molecule has 3 nitrogen and oxygen atoms in total. The van der Waals surface area contributed by atoms with Gasteiger partial charge in [-0.25, -0.2) is 4.79 Å². The largest absolute Gasteiger partial charge is 0.477 e. The zero-order valence-corrected chi connectivity index (χ0v) is 9.89. The van der Waals surface area contributed by atoms with E-state index in [9.17, 15) is 4.79 Å². The molecule has 0 unspecified atom stereocenters. The molecule has 2 aromatic rings. The van der Waals surface area contributed by atoms with Gasteiger partial charge in [-0.15, -0.1) is 0 Å². The Kier molecular flexibility index (Phi) is 2.71. The molecule has 1 aromatic carbocycles. The third-order valence-corrected chi connectivity index (χ3v) is 3.12. The molecule has 2 rings (SSSR count). The summed E-state index contributed by atoms with van der Waals surface area (Å²) >= 11 is 9.31. The summed E-state index contributed by atoms with van der Waals surface area (Å²) in [7, 11) is 0. The molecule has 0 aliphatic heterocycles. The summed E-state index contributed by atoms with van der Waals surface area (Å²) in [6, 6.07) is 5.20. The van der Waals surface area contributed by atoms with Gasteiger partial charge in [0.1, 0.15) is 5.69 Å². The lowest BCUT2D eigenvalue weighted by Gasteiger charge is -1.99. The second kappa shape index (κ2) is 3.87. The fourth-order valence-corrected chi connectivity index (χ4v) is 2.27. The second-order valence-corrected chi connectivity index (χ2v) is 4.12. The predicted molar refractivity (Wildman–Crippen MR) is 62.9 cm³/mol. The number of carboxylic acids is 1. The van der Waals surface area contributed by atoms with E-state index >= 15 is 0 Å². The topological polar surface area (TPSA) is 53.1 Å². The molecule has 0 aliphatic rings. The minimum Gasteiger partial charge on any atom is -0.477 e. The molecule has 5 heteroatoms. The smallest absolute Gasteiger partial charge is 0.352 e. The highest BCUT2D eigenvalue weighted by atomic mass is 79.9. The van der Waals surface area contributed by atoms with Gasteiger partial charge in [-0.2, -0.15) is 0 Å². The number of aromatic carboxylic acids is 1. The maximum absolute atomic E-state index is 10.7. The third kappa shape index (κ3) is 1.87. The molecule has 78 valence electrons. The molecule has 1 heterocycles. The van der Waals surface area contributed by atoms with Crippen LogP contribution in [0, 0.1) is 0 Å². The van der Waals surface area contributed by atoms with E-state index < -0.39 is 5.97 Å². The molecular formula is C10H7BrClNO2. The van der Waals surface area contributed by atoms with Gasteiger partial charge < -0.3 is 10.1 Å². The third-order valence-electron chi connectivity index (χ3n) is 2.16. The Morgan fingerprint density at radius 1 is 1.47 bits per heavy atom. The zero-order valence-electron chi connectivity index (χ0n) is 7.55. The fraction of sp³-hybridized carbons (Fsp3) is 0.100. The standard InChI is InChI=1S/C10H7BrClNO2/c11-4-6-1-5-2-9(10(14)15)13-8(5)3-7(6)12/h1-3,13H,4H2,(H,14,15). The molecule has 0 fully saturated rings. The number of H-pyrrole nitrogens is 1. The van der Waals surface area contributed by atoms with Crippen molar-refractivity contribution in [2.45, 2.75) is 5.33 Å². The van der Waals surface area contributed by atoms with Gasteiger partial charge >= 0.3 is 5.97 Å². The van der Waals surface area contributed by atoms with Crippen LogP contribution in [0.1, 0.15) is 16.1 Å². The highest BCUT2D eigenvalue weighted by molar-refractivity contribution is 9.08. The molecule has 0 saturated carbocycles. The Hall–Kier alpha value is -1.00. The molecule has 0 saturated heterocycles. The molecule has 0 spiro atoms. The first-order chi connectivity index (χ1) is 7.11. The van der Waals surface area contributed by atoms with Crippen LogP contribution < -0.4 is 0 Å². The Morgan fingerprint density at radius 2 is 2.20 bits per heavy atom. The SMILES string of the molecule is O=C(O)c1cc2cc(CBr)c(Cl)cc2[nH]1. The zero-order chi connectivity index (χ0) is 11.0. The van der Waals surface area contributed by atoms with E-state index in [0.717, 1.165) is 16.5 Å². The van der Waals surface area contributed by atoms with Crippen molar-refractivity contribution in [3.8, 4) is 0 Å². The van der Waals surface area contributed by atoms with E-state index in [1.165, 1.54) is 0 Å². The lowest BCUT2D eigenvalue weighted by atomic mass is 10.2. The summed E-state index contributed by atoms with van der Waals surface area (Å²) in [6.45, 7) is 0. The molecule has 0 amide bonds. The van der Waals surface area contributed by atoms with Gasteiger partial charge in [-0.1, -0.05) is 27.5 Å². The molecule has 2 N–H and O–H groups in total.